The van der Waals surface area contributed by atoms with E-state index in [1.165, 1.54) is 0 Å². The zero-order chi connectivity index (χ0) is 12.5. The number of rotatable bonds is 1. The molecule has 0 amide bonds. The zero-order valence-corrected chi connectivity index (χ0v) is 11.5. The highest BCUT2D eigenvalue weighted by molar-refractivity contribution is 9.10. The fourth-order valence-electron chi connectivity index (χ4n) is 1.21. The second-order valence-corrected chi connectivity index (χ2v) is 5.54. The number of carbonyl (C=O) groups excluding carboxylic acids is 1. The Labute approximate surface area is 104 Å². The third-order valence-corrected chi connectivity index (χ3v) is 2.80. The lowest BCUT2D eigenvalue weighted by molar-refractivity contribution is 0.00707. The quantitative estimate of drug-likeness (QED) is 0.636. The Balaban J connectivity index is 3.05. The van der Waals surface area contributed by atoms with Crippen LogP contribution in [0.15, 0.2) is 16.6 Å². The Bertz CT molecular complexity index is 422. The van der Waals surface area contributed by atoms with Gasteiger partial charge in [-0.1, -0.05) is 15.9 Å². The van der Waals surface area contributed by atoms with Crippen molar-refractivity contribution in [3.8, 4) is 0 Å². The first-order valence-electron chi connectivity index (χ1n) is 4.99. The van der Waals surface area contributed by atoms with Crippen molar-refractivity contribution in [1.82, 2.24) is 0 Å². The molecule has 3 nitrogen and oxygen atoms in total. The standard InChI is InChI=1S/C12H16BrNO2/c1-7-5-10(14)8(6-9(7)13)11(15)16-12(2,3)4/h5-6H,14H2,1-4H3. The van der Waals surface area contributed by atoms with Gasteiger partial charge in [-0.15, -0.1) is 0 Å². The zero-order valence-electron chi connectivity index (χ0n) is 9.93. The number of ether oxygens (including phenoxy) is 1. The van der Waals surface area contributed by atoms with Gasteiger partial charge in [0.1, 0.15) is 5.60 Å². The van der Waals surface area contributed by atoms with E-state index in [1.54, 1.807) is 12.1 Å². The highest BCUT2D eigenvalue weighted by Crippen LogP contribution is 2.25. The highest BCUT2D eigenvalue weighted by atomic mass is 79.9. The number of nitrogen functional groups attached to an aromatic ring is 1. The van der Waals surface area contributed by atoms with Crippen LogP contribution in [0.4, 0.5) is 5.69 Å². The van der Waals surface area contributed by atoms with Crippen LogP contribution in [0.3, 0.4) is 0 Å². The molecule has 1 aromatic carbocycles. The van der Waals surface area contributed by atoms with Crippen molar-refractivity contribution in [2.45, 2.75) is 33.3 Å². The maximum Gasteiger partial charge on any atom is 0.340 e. The molecule has 0 bridgehead atoms. The van der Waals surface area contributed by atoms with Crippen LogP contribution in [0.2, 0.25) is 0 Å². The van der Waals surface area contributed by atoms with Crippen LogP contribution in [-0.2, 0) is 4.74 Å². The number of hydrogen-bond acceptors (Lipinski definition) is 3. The van der Waals surface area contributed by atoms with E-state index in [9.17, 15) is 4.79 Å². The van der Waals surface area contributed by atoms with Crippen LogP contribution in [-0.4, -0.2) is 11.6 Å². The second-order valence-electron chi connectivity index (χ2n) is 4.69. The lowest BCUT2D eigenvalue weighted by atomic mass is 10.1. The monoisotopic (exact) mass is 285 g/mol. The summed E-state index contributed by atoms with van der Waals surface area (Å²) in [6.45, 7) is 7.39. The highest BCUT2D eigenvalue weighted by Gasteiger charge is 2.20. The fourth-order valence-corrected chi connectivity index (χ4v) is 1.56. The largest absolute Gasteiger partial charge is 0.456 e. The van der Waals surface area contributed by atoms with Gasteiger partial charge in [0.25, 0.3) is 0 Å². The number of anilines is 1. The second kappa shape index (κ2) is 4.45. The molecule has 0 heterocycles. The number of halogens is 1. The Morgan fingerprint density at radius 3 is 2.44 bits per heavy atom. The molecule has 2 N–H and O–H groups in total. The van der Waals surface area contributed by atoms with Crippen LogP contribution >= 0.6 is 15.9 Å². The van der Waals surface area contributed by atoms with Crippen LogP contribution in [0.5, 0.6) is 0 Å². The molecule has 1 aromatic rings. The number of esters is 1. The summed E-state index contributed by atoms with van der Waals surface area (Å²) in [5.74, 6) is -0.397. The molecule has 0 saturated heterocycles. The minimum absolute atomic E-state index is 0.396. The lowest BCUT2D eigenvalue weighted by Crippen LogP contribution is -2.24. The summed E-state index contributed by atoms with van der Waals surface area (Å²) in [7, 11) is 0. The predicted octanol–water partition coefficient (Wildman–Crippen LogP) is 3.30. The number of nitrogens with two attached hydrogens (primary N) is 1. The van der Waals surface area contributed by atoms with Gasteiger partial charge in [0.05, 0.1) is 5.56 Å². The molecule has 0 aliphatic rings. The van der Waals surface area contributed by atoms with E-state index in [1.807, 2.05) is 27.7 Å². The van der Waals surface area contributed by atoms with E-state index < -0.39 is 11.6 Å². The van der Waals surface area contributed by atoms with Gasteiger partial charge in [0, 0.05) is 10.2 Å². The molecule has 88 valence electrons. The molecule has 1 rings (SSSR count). The summed E-state index contributed by atoms with van der Waals surface area (Å²) in [5.41, 5.74) is 7.10. The molecule has 4 heteroatoms. The van der Waals surface area contributed by atoms with Crippen molar-refractivity contribution in [3.05, 3.63) is 27.7 Å². The first kappa shape index (κ1) is 13.0. The summed E-state index contributed by atoms with van der Waals surface area (Å²) in [4.78, 5) is 11.8. The number of benzene rings is 1. The van der Waals surface area contributed by atoms with Crippen LogP contribution in [0, 0.1) is 6.92 Å². The third kappa shape index (κ3) is 3.23. The van der Waals surface area contributed by atoms with Crippen molar-refractivity contribution in [2.24, 2.45) is 0 Å². The Kier molecular flexibility index (Phi) is 3.63. The maximum absolute atomic E-state index is 11.8. The molecule has 0 aromatic heterocycles. The average molecular weight is 286 g/mol. The average Bonchev–Trinajstić information content (AvgIpc) is 2.08. The van der Waals surface area contributed by atoms with Gasteiger partial charge in [-0.2, -0.15) is 0 Å². The van der Waals surface area contributed by atoms with Gasteiger partial charge in [0.2, 0.25) is 0 Å². The number of aryl methyl sites for hydroxylation is 1. The first-order valence-corrected chi connectivity index (χ1v) is 5.79. The fraction of sp³-hybridized carbons (Fsp3) is 0.417. The smallest absolute Gasteiger partial charge is 0.340 e. The van der Waals surface area contributed by atoms with Gasteiger partial charge < -0.3 is 10.5 Å². The van der Waals surface area contributed by atoms with Crippen molar-refractivity contribution in [3.63, 3.8) is 0 Å². The first-order chi connectivity index (χ1) is 7.20. The molecule has 0 radical (unpaired) electrons. The minimum Gasteiger partial charge on any atom is -0.456 e. The van der Waals surface area contributed by atoms with Crippen molar-refractivity contribution in [1.29, 1.82) is 0 Å². The van der Waals surface area contributed by atoms with Crippen LogP contribution in [0.1, 0.15) is 36.7 Å². The van der Waals surface area contributed by atoms with Crippen molar-refractivity contribution < 1.29 is 9.53 Å². The molecular formula is C12H16BrNO2. The maximum atomic E-state index is 11.8. The van der Waals surface area contributed by atoms with Gasteiger partial charge in [-0.25, -0.2) is 4.79 Å². The molecule has 0 atom stereocenters. The lowest BCUT2D eigenvalue weighted by Gasteiger charge is -2.20. The molecule has 0 aliphatic heterocycles. The summed E-state index contributed by atoms with van der Waals surface area (Å²) in [6.07, 6.45) is 0. The molecule has 0 saturated carbocycles. The predicted molar refractivity (Wildman–Crippen MR) is 68.5 cm³/mol. The van der Waals surface area contributed by atoms with Crippen LogP contribution < -0.4 is 5.73 Å². The molecule has 0 aliphatic carbocycles. The number of hydrogen-bond donors (Lipinski definition) is 1. The normalized spacial score (nSPS) is 11.3. The van der Waals surface area contributed by atoms with E-state index in [0.29, 0.717) is 11.3 Å². The summed E-state index contributed by atoms with van der Waals surface area (Å²) >= 11 is 3.36. The van der Waals surface area contributed by atoms with E-state index in [4.69, 9.17) is 10.5 Å². The number of carbonyl (C=O) groups is 1. The van der Waals surface area contributed by atoms with Crippen molar-refractivity contribution in [2.75, 3.05) is 5.73 Å². The Morgan fingerprint density at radius 1 is 1.38 bits per heavy atom. The van der Waals surface area contributed by atoms with E-state index in [2.05, 4.69) is 15.9 Å². The van der Waals surface area contributed by atoms with E-state index in [0.717, 1.165) is 10.0 Å². The van der Waals surface area contributed by atoms with Crippen LogP contribution in [0.25, 0.3) is 0 Å². The Morgan fingerprint density at radius 2 is 1.94 bits per heavy atom. The molecular weight excluding hydrogens is 270 g/mol. The minimum atomic E-state index is -0.513. The SMILES string of the molecule is Cc1cc(N)c(C(=O)OC(C)(C)C)cc1Br. The Hall–Kier alpha value is -1.03. The summed E-state index contributed by atoms with van der Waals surface area (Å²) in [6, 6.07) is 3.45. The van der Waals surface area contributed by atoms with Gasteiger partial charge in [0.15, 0.2) is 0 Å². The summed E-state index contributed by atoms with van der Waals surface area (Å²) < 4.78 is 6.11. The molecule has 0 unspecified atom stereocenters. The molecule has 0 fully saturated rings. The van der Waals surface area contributed by atoms with Gasteiger partial charge >= 0.3 is 5.97 Å². The van der Waals surface area contributed by atoms with Gasteiger partial charge in [-0.05, 0) is 45.4 Å². The topological polar surface area (TPSA) is 52.3 Å². The molecule has 16 heavy (non-hydrogen) atoms. The summed E-state index contributed by atoms with van der Waals surface area (Å²) in [5, 5.41) is 0. The van der Waals surface area contributed by atoms with Gasteiger partial charge in [-0.3, -0.25) is 0 Å². The van der Waals surface area contributed by atoms with Crippen molar-refractivity contribution >= 4 is 27.6 Å². The van der Waals surface area contributed by atoms with E-state index >= 15 is 0 Å². The molecule has 0 spiro atoms. The third-order valence-electron chi connectivity index (χ3n) is 1.95. The van der Waals surface area contributed by atoms with E-state index in [-0.39, 0.29) is 0 Å².